The van der Waals surface area contributed by atoms with Gasteiger partial charge in [-0.2, -0.15) is 5.10 Å². The number of aromatic nitrogens is 2. The summed E-state index contributed by atoms with van der Waals surface area (Å²) < 4.78 is 7.73. The lowest BCUT2D eigenvalue weighted by molar-refractivity contribution is -0.138. The summed E-state index contributed by atoms with van der Waals surface area (Å²) in [5.74, 6) is 0.852. The number of hydrogen-bond donors (Lipinski definition) is 0. The van der Waals surface area contributed by atoms with Crippen LogP contribution in [0.2, 0.25) is 0 Å². The van der Waals surface area contributed by atoms with Gasteiger partial charge < -0.3 is 9.64 Å². The molecule has 5 nitrogen and oxygen atoms in total. The SMILES string of the molecule is CN(Cc1ccc(-n2cccn2)cc1)C(=O)[C@H]1CCc2ccccc2O1. The van der Waals surface area contributed by atoms with Gasteiger partial charge in [0.05, 0.1) is 5.69 Å². The lowest BCUT2D eigenvalue weighted by Crippen LogP contribution is -2.41. The first-order valence-corrected chi connectivity index (χ1v) is 8.79. The molecule has 0 N–H and O–H groups in total. The van der Waals surface area contributed by atoms with Crippen molar-refractivity contribution in [3.63, 3.8) is 0 Å². The maximum atomic E-state index is 12.8. The summed E-state index contributed by atoms with van der Waals surface area (Å²) in [5, 5.41) is 4.22. The van der Waals surface area contributed by atoms with Crippen molar-refractivity contribution in [2.24, 2.45) is 0 Å². The Morgan fingerprint density at radius 1 is 1.19 bits per heavy atom. The molecular formula is C21H21N3O2. The van der Waals surface area contributed by atoms with E-state index in [-0.39, 0.29) is 5.91 Å². The molecule has 5 heteroatoms. The summed E-state index contributed by atoms with van der Waals surface area (Å²) in [6.45, 7) is 0.555. The van der Waals surface area contributed by atoms with E-state index in [9.17, 15) is 4.79 Å². The van der Waals surface area contributed by atoms with E-state index in [4.69, 9.17) is 4.74 Å². The quantitative estimate of drug-likeness (QED) is 0.728. The molecule has 1 atom stereocenters. The Balaban J connectivity index is 1.40. The molecule has 0 bridgehead atoms. The Morgan fingerprint density at radius 3 is 2.77 bits per heavy atom. The van der Waals surface area contributed by atoms with Gasteiger partial charge >= 0.3 is 0 Å². The van der Waals surface area contributed by atoms with E-state index < -0.39 is 6.10 Å². The first-order chi connectivity index (χ1) is 12.7. The third-order valence-electron chi connectivity index (χ3n) is 4.69. The van der Waals surface area contributed by atoms with Crippen molar-refractivity contribution in [1.82, 2.24) is 14.7 Å². The number of rotatable bonds is 4. The van der Waals surface area contributed by atoms with Gasteiger partial charge in [-0.1, -0.05) is 30.3 Å². The molecule has 0 unspecified atom stereocenters. The van der Waals surface area contributed by atoms with Crippen molar-refractivity contribution in [3.8, 4) is 11.4 Å². The molecule has 0 saturated carbocycles. The monoisotopic (exact) mass is 347 g/mol. The maximum Gasteiger partial charge on any atom is 0.263 e. The van der Waals surface area contributed by atoms with Crippen LogP contribution < -0.4 is 4.74 Å². The fourth-order valence-electron chi connectivity index (χ4n) is 3.27. The van der Waals surface area contributed by atoms with Crippen LogP contribution in [-0.4, -0.2) is 33.7 Å². The molecule has 0 spiro atoms. The summed E-state index contributed by atoms with van der Waals surface area (Å²) >= 11 is 0. The third-order valence-corrected chi connectivity index (χ3v) is 4.69. The molecule has 2 heterocycles. The number of hydrogen-bond acceptors (Lipinski definition) is 3. The minimum Gasteiger partial charge on any atom is -0.480 e. The summed E-state index contributed by atoms with van der Waals surface area (Å²) in [7, 11) is 1.83. The van der Waals surface area contributed by atoms with Crippen LogP contribution in [-0.2, 0) is 17.8 Å². The van der Waals surface area contributed by atoms with Crippen LogP contribution >= 0.6 is 0 Å². The molecule has 4 rings (SSSR count). The number of ether oxygens (including phenoxy) is 1. The molecule has 1 amide bonds. The minimum atomic E-state index is -0.404. The van der Waals surface area contributed by atoms with Crippen molar-refractivity contribution < 1.29 is 9.53 Å². The van der Waals surface area contributed by atoms with Crippen molar-refractivity contribution in [1.29, 1.82) is 0 Å². The Hall–Kier alpha value is -3.08. The van der Waals surface area contributed by atoms with E-state index in [1.54, 1.807) is 11.1 Å². The van der Waals surface area contributed by atoms with Crippen LogP contribution in [0.15, 0.2) is 67.0 Å². The highest BCUT2D eigenvalue weighted by molar-refractivity contribution is 5.81. The summed E-state index contributed by atoms with van der Waals surface area (Å²) in [5.41, 5.74) is 3.25. The van der Waals surface area contributed by atoms with E-state index in [0.717, 1.165) is 29.8 Å². The number of nitrogens with zero attached hydrogens (tertiary/aromatic N) is 3. The molecular weight excluding hydrogens is 326 g/mol. The van der Waals surface area contributed by atoms with Crippen LogP contribution in [0.25, 0.3) is 5.69 Å². The van der Waals surface area contributed by atoms with E-state index in [1.807, 2.05) is 66.5 Å². The topological polar surface area (TPSA) is 47.4 Å². The van der Waals surface area contributed by atoms with Gasteiger partial charge in [-0.25, -0.2) is 4.68 Å². The standard InChI is InChI=1S/C21H21N3O2/c1-23(15-16-7-10-18(11-8-16)24-14-4-13-22-24)21(25)20-12-9-17-5-2-3-6-19(17)26-20/h2-8,10-11,13-14,20H,9,12,15H2,1H3/t20-/m1/s1. The maximum absolute atomic E-state index is 12.8. The Morgan fingerprint density at radius 2 is 2.00 bits per heavy atom. The number of para-hydroxylation sites is 1. The first kappa shape index (κ1) is 16.4. The lowest BCUT2D eigenvalue weighted by atomic mass is 10.0. The molecule has 1 aromatic heterocycles. The number of benzene rings is 2. The summed E-state index contributed by atoms with van der Waals surface area (Å²) in [4.78, 5) is 14.5. The van der Waals surface area contributed by atoms with Gasteiger partial charge in [0, 0.05) is 26.0 Å². The highest BCUT2D eigenvalue weighted by Gasteiger charge is 2.28. The molecule has 0 saturated heterocycles. The van der Waals surface area contributed by atoms with Crippen molar-refractivity contribution in [3.05, 3.63) is 78.1 Å². The predicted molar refractivity (Wildman–Crippen MR) is 99.2 cm³/mol. The highest BCUT2D eigenvalue weighted by atomic mass is 16.5. The molecule has 26 heavy (non-hydrogen) atoms. The Labute approximate surface area is 152 Å². The molecule has 0 fully saturated rings. The average Bonchev–Trinajstić information content (AvgIpc) is 3.22. The van der Waals surface area contributed by atoms with Gasteiger partial charge in [-0.15, -0.1) is 0 Å². The van der Waals surface area contributed by atoms with Gasteiger partial charge in [0.15, 0.2) is 6.10 Å². The second kappa shape index (κ2) is 7.04. The number of aryl methyl sites for hydroxylation is 1. The fourth-order valence-corrected chi connectivity index (χ4v) is 3.27. The zero-order chi connectivity index (χ0) is 17.9. The van der Waals surface area contributed by atoms with E-state index in [1.165, 1.54) is 5.56 Å². The molecule has 0 radical (unpaired) electrons. The molecule has 1 aliphatic heterocycles. The summed E-state index contributed by atoms with van der Waals surface area (Å²) in [6, 6.07) is 17.9. The predicted octanol–water partition coefficient (Wildman–Crippen LogP) is 3.22. The van der Waals surface area contributed by atoms with E-state index in [2.05, 4.69) is 11.2 Å². The number of likely N-dealkylation sites (N-methyl/N-ethyl adjacent to an activating group) is 1. The van der Waals surface area contributed by atoms with Crippen LogP contribution in [0, 0.1) is 0 Å². The first-order valence-electron chi connectivity index (χ1n) is 8.79. The largest absolute Gasteiger partial charge is 0.480 e. The second-order valence-corrected chi connectivity index (χ2v) is 6.56. The van der Waals surface area contributed by atoms with Crippen LogP contribution in [0.1, 0.15) is 17.5 Å². The Bertz CT molecular complexity index is 888. The molecule has 3 aromatic rings. The van der Waals surface area contributed by atoms with Gasteiger partial charge in [-0.3, -0.25) is 4.79 Å². The summed E-state index contributed by atoms with van der Waals surface area (Å²) in [6.07, 6.45) is 4.85. The van der Waals surface area contributed by atoms with Gasteiger partial charge in [0.1, 0.15) is 5.75 Å². The van der Waals surface area contributed by atoms with Gasteiger partial charge in [0.25, 0.3) is 5.91 Å². The minimum absolute atomic E-state index is 0.0238. The number of amides is 1. The second-order valence-electron chi connectivity index (χ2n) is 6.56. The van der Waals surface area contributed by atoms with Crippen molar-refractivity contribution in [2.75, 3.05) is 7.05 Å². The smallest absolute Gasteiger partial charge is 0.263 e. The Kier molecular flexibility index (Phi) is 4.44. The van der Waals surface area contributed by atoms with Gasteiger partial charge in [0.2, 0.25) is 0 Å². The number of carbonyl (C=O) groups excluding carboxylic acids is 1. The van der Waals surface area contributed by atoms with Crippen molar-refractivity contribution in [2.45, 2.75) is 25.5 Å². The number of fused-ring (bicyclic) bond motifs is 1. The molecule has 2 aromatic carbocycles. The third kappa shape index (κ3) is 3.33. The molecule has 1 aliphatic rings. The molecule has 132 valence electrons. The fraction of sp³-hybridized carbons (Fsp3) is 0.238. The van der Waals surface area contributed by atoms with Crippen LogP contribution in [0.5, 0.6) is 5.75 Å². The number of carbonyl (C=O) groups is 1. The van der Waals surface area contributed by atoms with Gasteiger partial charge in [-0.05, 0) is 48.2 Å². The van der Waals surface area contributed by atoms with E-state index in [0.29, 0.717) is 6.54 Å². The zero-order valence-electron chi connectivity index (χ0n) is 14.7. The van der Waals surface area contributed by atoms with Crippen LogP contribution in [0.3, 0.4) is 0 Å². The normalized spacial score (nSPS) is 15.8. The van der Waals surface area contributed by atoms with Crippen molar-refractivity contribution >= 4 is 5.91 Å². The average molecular weight is 347 g/mol. The van der Waals surface area contributed by atoms with E-state index >= 15 is 0 Å². The lowest BCUT2D eigenvalue weighted by Gasteiger charge is -2.28. The zero-order valence-corrected chi connectivity index (χ0v) is 14.7. The molecule has 0 aliphatic carbocycles. The van der Waals surface area contributed by atoms with Crippen LogP contribution in [0.4, 0.5) is 0 Å². The highest BCUT2D eigenvalue weighted by Crippen LogP contribution is 2.27.